The second kappa shape index (κ2) is 10.6. The van der Waals surface area contributed by atoms with Gasteiger partial charge in [-0.05, 0) is 36.3 Å². The number of rotatable bonds is 9. The fraction of sp³-hybridized carbons (Fsp3) is 0.292. The molecule has 0 bridgehead atoms. The van der Waals surface area contributed by atoms with Crippen LogP contribution in [0.4, 0.5) is 4.79 Å². The molecule has 2 amide bonds. The van der Waals surface area contributed by atoms with Crippen molar-refractivity contribution in [2.24, 2.45) is 0 Å². The Labute approximate surface area is 186 Å². The number of amides is 2. The van der Waals surface area contributed by atoms with E-state index in [9.17, 15) is 14.4 Å². The maximum absolute atomic E-state index is 12.5. The lowest BCUT2D eigenvalue weighted by Crippen LogP contribution is -2.51. The highest BCUT2D eigenvalue weighted by Gasteiger charge is 2.29. The molecule has 0 saturated heterocycles. The number of benzene rings is 2. The molecule has 2 aromatic rings. The van der Waals surface area contributed by atoms with Gasteiger partial charge in [-0.2, -0.15) is 0 Å². The van der Waals surface area contributed by atoms with Gasteiger partial charge in [-0.25, -0.2) is 9.59 Å². The number of nitrogens with zero attached hydrogens (tertiary/aromatic N) is 1. The molecule has 0 saturated carbocycles. The number of carboxylic acid groups (broad SMARTS) is 1. The Morgan fingerprint density at radius 2 is 1.66 bits per heavy atom. The fourth-order valence-electron chi connectivity index (χ4n) is 3.78. The summed E-state index contributed by atoms with van der Waals surface area (Å²) in [4.78, 5) is 37.3. The molecule has 32 heavy (non-hydrogen) atoms. The van der Waals surface area contributed by atoms with E-state index in [2.05, 4.69) is 22.8 Å². The Hall–Kier alpha value is -3.65. The number of carbonyl (C=O) groups excluding carboxylic acids is 2. The molecule has 8 nitrogen and oxygen atoms in total. The molecule has 8 heteroatoms. The molecule has 1 aliphatic carbocycles. The number of hydrogen-bond donors (Lipinski definition) is 3. The van der Waals surface area contributed by atoms with E-state index >= 15 is 0 Å². The largest absolute Gasteiger partial charge is 0.478 e. The summed E-state index contributed by atoms with van der Waals surface area (Å²) in [5.74, 6) is -1.60. The SMILES string of the molecule is CN(C)CC(NC(=O)OCC1c2ccccc2-c2ccccc21)C(=O)NC/C=C\C(=O)O. The zero-order valence-electron chi connectivity index (χ0n) is 18.1. The average molecular weight is 437 g/mol. The number of aliphatic carboxylic acids is 1. The highest BCUT2D eigenvalue weighted by molar-refractivity contribution is 5.86. The normalized spacial score (nSPS) is 13.5. The Morgan fingerprint density at radius 1 is 1.06 bits per heavy atom. The average Bonchev–Trinajstić information content (AvgIpc) is 3.08. The molecule has 1 unspecified atom stereocenters. The summed E-state index contributed by atoms with van der Waals surface area (Å²) in [6, 6.07) is 15.3. The Balaban J connectivity index is 1.62. The smallest absolute Gasteiger partial charge is 0.407 e. The number of alkyl carbamates (subject to hydrolysis) is 1. The van der Waals surface area contributed by atoms with Crippen molar-refractivity contribution in [1.82, 2.24) is 15.5 Å². The number of hydrogen-bond acceptors (Lipinski definition) is 5. The minimum atomic E-state index is -1.10. The van der Waals surface area contributed by atoms with E-state index in [1.54, 1.807) is 19.0 Å². The zero-order chi connectivity index (χ0) is 23.1. The van der Waals surface area contributed by atoms with Crippen LogP contribution < -0.4 is 10.6 Å². The van der Waals surface area contributed by atoms with Crippen molar-refractivity contribution in [2.75, 3.05) is 33.8 Å². The van der Waals surface area contributed by atoms with Crippen LogP contribution in [-0.4, -0.2) is 67.8 Å². The Morgan fingerprint density at radius 3 is 2.22 bits per heavy atom. The lowest BCUT2D eigenvalue weighted by molar-refractivity contribution is -0.131. The summed E-state index contributed by atoms with van der Waals surface area (Å²) in [7, 11) is 3.56. The Kier molecular flexibility index (Phi) is 7.62. The van der Waals surface area contributed by atoms with E-state index in [0.717, 1.165) is 28.3 Å². The lowest BCUT2D eigenvalue weighted by atomic mass is 9.98. The minimum absolute atomic E-state index is 0.0431. The van der Waals surface area contributed by atoms with Crippen LogP contribution in [-0.2, 0) is 14.3 Å². The van der Waals surface area contributed by atoms with Crippen LogP contribution in [0.1, 0.15) is 17.0 Å². The topological polar surface area (TPSA) is 108 Å². The van der Waals surface area contributed by atoms with Crippen LogP contribution in [0.5, 0.6) is 0 Å². The molecular formula is C24H27N3O5. The second-order valence-electron chi connectivity index (χ2n) is 7.77. The first-order valence-corrected chi connectivity index (χ1v) is 10.3. The molecule has 0 aromatic heterocycles. The highest BCUT2D eigenvalue weighted by atomic mass is 16.5. The minimum Gasteiger partial charge on any atom is -0.478 e. The Bertz CT molecular complexity index is 973. The number of carbonyl (C=O) groups is 3. The number of likely N-dealkylation sites (N-methyl/N-ethyl adjacent to an activating group) is 1. The van der Waals surface area contributed by atoms with Crippen LogP contribution in [0.3, 0.4) is 0 Å². The van der Waals surface area contributed by atoms with Gasteiger partial charge < -0.3 is 25.4 Å². The van der Waals surface area contributed by atoms with E-state index in [1.807, 2.05) is 36.4 Å². The summed E-state index contributed by atoms with van der Waals surface area (Å²) >= 11 is 0. The number of ether oxygens (including phenoxy) is 1. The van der Waals surface area contributed by atoms with Gasteiger partial charge in [-0.3, -0.25) is 4.79 Å². The quantitative estimate of drug-likeness (QED) is 0.519. The standard InChI is InChI=1S/C24H27N3O5/c1-27(2)14-21(23(30)25-13-7-12-22(28)29)26-24(31)32-15-20-18-10-5-3-8-16(18)17-9-4-6-11-19(17)20/h3-12,20-21H,13-15H2,1-2H3,(H,25,30)(H,26,31)(H,28,29)/b12-7-. The summed E-state index contributed by atoms with van der Waals surface area (Å²) in [6.07, 6.45) is 1.58. The van der Waals surface area contributed by atoms with Crippen molar-refractivity contribution in [3.63, 3.8) is 0 Å². The van der Waals surface area contributed by atoms with Crippen LogP contribution >= 0.6 is 0 Å². The fourth-order valence-corrected chi connectivity index (χ4v) is 3.78. The van der Waals surface area contributed by atoms with Crippen LogP contribution in [0.2, 0.25) is 0 Å². The van der Waals surface area contributed by atoms with Crippen molar-refractivity contribution in [3.05, 3.63) is 71.8 Å². The second-order valence-corrected chi connectivity index (χ2v) is 7.77. The van der Waals surface area contributed by atoms with E-state index < -0.39 is 24.0 Å². The summed E-state index contributed by atoms with van der Waals surface area (Å²) in [5.41, 5.74) is 4.48. The molecule has 1 atom stereocenters. The zero-order valence-corrected chi connectivity index (χ0v) is 18.1. The summed E-state index contributed by atoms with van der Waals surface area (Å²) in [5, 5.41) is 13.8. The first-order chi connectivity index (χ1) is 15.4. The van der Waals surface area contributed by atoms with Crippen molar-refractivity contribution >= 4 is 18.0 Å². The first-order valence-electron chi connectivity index (χ1n) is 10.3. The molecule has 3 N–H and O–H groups in total. The van der Waals surface area contributed by atoms with E-state index in [4.69, 9.17) is 9.84 Å². The third kappa shape index (κ3) is 5.73. The number of fused-ring (bicyclic) bond motifs is 3. The predicted octanol–water partition coefficient (Wildman–Crippen LogP) is 2.21. The van der Waals surface area contributed by atoms with Gasteiger partial charge in [0.05, 0.1) is 0 Å². The maximum atomic E-state index is 12.5. The molecule has 2 aromatic carbocycles. The molecule has 0 aliphatic heterocycles. The maximum Gasteiger partial charge on any atom is 0.407 e. The predicted molar refractivity (Wildman–Crippen MR) is 120 cm³/mol. The molecule has 0 radical (unpaired) electrons. The third-order valence-electron chi connectivity index (χ3n) is 5.15. The first kappa shape index (κ1) is 23.0. The van der Waals surface area contributed by atoms with Crippen molar-refractivity contribution < 1.29 is 24.2 Å². The van der Waals surface area contributed by atoms with Gasteiger partial charge in [0.2, 0.25) is 5.91 Å². The monoisotopic (exact) mass is 437 g/mol. The lowest BCUT2D eigenvalue weighted by Gasteiger charge is -2.22. The van der Waals surface area contributed by atoms with Gasteiger partial charge in [0.1, 0.15) is 12.6 Å². The van der Waals surface area contributed by atoms with Gasteiger partial charge >= 0.3 is 12.1 Å². The summed E-state index contributed by atoms with van der Waals surface area (Å²) in [6.45, 7) is 0.456. The molecule has 0 heterocycles. The van der Waals surface area contributed by atoms with E-state index in [0.29, 0.717) is 0 Å². The van der Waals surface area contributed by atoms with Crippen molar-refractivity contribution in [3.8, 4) is 11.1 Å². The van der Waals surface area contributed by atoms with Crippen molar-refractivity contribution in [2.45, 2.75) is 12.0 Å². The number of nitrogens with one attached hydrogen (secondary N) is 2. The third-order valence-corrected chi connectivity index (χ3v) is 5.15. The van der Waals surface area contributed by atoms with Crippen LogP contribution in [0, 0.1) is 0 Å². The molecule has 3 rings (SSSR count). The van der Waals surface area contributed by atoms with Gasteiger partial charge in [0.15, 0.2) is 0 Å². The van der Waals surface area contributed by atoms with E-state index in [-0.39, 0.29) is 25.6 Å². The highest BCUT2D eigenvalue weighted by Crippen LogP contribution is 2.44. The van der Waals surface area contributed by atoms with Crippen LogP contribution in [0.15, 0.2) is 60.7 Å². The van der Waals surface area contributed by atoms with Gasteiger partial charge in [-0.1, -0.05) is 54.6 Å². The molecular weight excluding hydrogens is 410 g/mol. The molecule has 0 spiro atoms. The van der Waals surface area contributed by atoms with E-state index in [1.165, 1.54) is 6.08 Å². The molecule has 1 aliphatic rings. The van der Waals surface area contributed by atoms with Gasteiger partial charge in [0, 0.05) is 25.1 Å². The van der Waals surface area contributed by atoms with Crippen LogP contribution in [0.25, 0.3) is 11.1 Å². The van der Waals surface area contributed by atoms with Gasteiger partial charge in [-0.15, -0.1) is 0 Å². The number of carboxylic acids is 1. The molecule has 168 valence electrons. The van der Waals surface area contributed by atoms with Crippen molar-refractivity contribution in [1.29, 1.82) is 0 Å². The molecule has 0 fully saturated rings. The summed E-state index contributed by atoms with van der Waals surface area (Å²) < 4.78 is 5.52. The van der Waals surface area contributed by atoms with Gasteiger partial charge in [0.25, 0.3) is 0 Å².